The van der Waals surface area contributed by atoms with Crippen LogP contribution in [0, 0.1) is 25.5 Å². The fourth-order valence-corrected chi connectivity index (χ4v) is 15.9. The van der Waals surface area contributed by atoms with Crippen LogP contribution >= 0.6 is 36.2 Å². The zero-order valence-corrected chi connectivity index (χ0v) is 63.3. The monoisotopic (exact) mass is 1540 g/mol. The number of hydrogen-bond donors (Lipinski definition) is 3. The number of thiol groups is 1. The second kappa shape index (κ2) is 39.1. The van der Waals surface area contributed by atoms with E-state index in [0.29, 0.717) is 73.8 Å². The van der Waals surface area contributed by atoms with Crippen LogP contribution in [0.1, 0.15) is 186 Å². The van der Waals surface area contributed by atoms with Crippen LogP contribution in [0.25, 0.3) is 21.9 Å². The molecule has 6 amide bonds. The maximum absolute atomic E-state index is 13.7. The molecule has 107 heavy (non-hydrogen) atoms. The number of ketones is 2. The first-order valence-corrected chi connectivity index (χ1v) is 38.8. The second-order valence-electron chi connectivity index (χ2n) is 27.5. The molecule has 0 spiro atoms. The zero-order chi connectivity index (χ0) is 77.2. The van der Waals surface area contributed by atoms with Crippen LogP contribution in [0.2, 0.25) is 0 Å². The van der Waals surface area contributed by atoms with Gasteiger partial charge in [0.25, 0.3) is 34.7 Å². The summed E-state index contributed by atoms with van der Waals surface area (Å²) in [4.78, 5) is 162. The van der Waals surface area contributed by atoms with Crippen LogP contribution in [0.4, 0.5) is 8.78 Å². The van der Waals surface area contributed by atoms with Gasteiger partial charge in [-0.25, -0.2) is 29.4 Å². The van der Waals surface area contributed by atoms with E-state index in [1.165, 1.54) is 78.8 Å². The molecule has 0 aliphatic carbocycles. The van der Waals surface area contributed by atoms with E-state index in [0.717, 1.165) is 172 Å². The second-order valence-corrected chi connectivity index (χ2v) is 30.2. The Morgan fingerprint density at radius 2 is 1.06 bits per heavy atom. The number of piperidine rings is 2. The van der Waals surface area contributed by atoms with E-state index < -0.39 is 23.0 Å². The van der Waals surface area contributed by atoms with Gasteiger partial charge in [0.1, 0.15) is 40.6 Å². The minimum atomic E-state index is -0.779. The Balaban J connectivity index is 0.000000194. The topological polar surface area (TPSA) is 364 Å². The quantitative estimate of drug-likeness (QED) is 0.0311. The average Bonchev–Trinajstić information content (AvgIpc) is 1.64. The van der Waals surface area contributed by atoms with E-state index in [1.807, 2.05) is 23.0 Å². The molecule has 13 rings (SSSR count). The van der Waals surface area contributed by atoms with Crippen molar-refractivity contribution in [1.82, 2.24) is 54.1 Å². The van der Waals surface area contributed by atoms with E-state index >= 15 is 0 Å². The molecule has 4 fully saturated rings. The highest BCUT2D eigenvalue weighted by Crippen LogP contribution is 2.37. The van der Waals surface area contributed by atoms with Crippen molar-refractivity contribution in [2.24, 2.45) is 5.90 Å². The predicted octanol–water partition coefficient (Wildman–Crippen LogP) is 7.91. The van der Waals surface area contributed by atoms with Gasteiger partial charge in [-0.3, -0.25) is 71.7 Å². The molecule has 4 saturated heterocycles. The molecular weight excluding hydrogens is 1450 g/mol. The van der Waals surface area contributed by atoms with Crippen molar-refractivity contribution in [3.05, 3.63) is 126 Å². The summed E-state index contributed by atoms with van der Waals surface area (Å²) < 4.78 is 41.5. The predicted molar refractivity (Wildman–Crippen MR) is 396 cm³/mol. The van der Waals surface area contributed by atoms with Crippen molar-refractivity contribution in [1.29, 1.82) is 0 Å². The Morgan fingerprint density at radius 3 is 1.49 bits per heavy atom. The highest BCUT2D eigenvalue weighted by atomic mass is 32.2. The number of likely N-dealkylation sites (tertiary alicyclic amines) is 3. The molecule has 2 aromatic carbocycles. The molecule has 3 atom stereocenters. The number of thioether (sulfide) groups is 2. The number of nitrogens with two attached hydrogens (primary N) is 1. The number of halogens is 2. The summed E-state index contributed by atoms with van der Waals surface area (Å²) in [5.74, 6) is 3.10. The number of hydrogen-bond acceptors (Lipinski definition) is 26. The smallest absolute Gasteiger partial charge is 0.343 e. The number of Topliss-reactive ketones (excluding diaryl/α,β-unsaturated/α-hetero) is 2. The number of rotatable bonds is 23. The number of carbonyl (C=O) groups excluding carboxylic acids is 10. The summed E-state index contributed by atoms with van der Waals surface area (Å²) >= 11 is 5.68. The van der Waals surface area contributed by atoms with Gasteiger partial charge in [0.2, 0.25) is 11.8 Å². The number of fused-ring (bicyclic) bond motifs is 4. The van der Waals surface area contributed by atoms with Crippen LogP contribution < -0.4 is 17.0 Å². The van der Waals surface area contributed by atoms with Crippen LogP contribution in [0.3, 0.4) is 0 Å². The molecule has 7 aliphatic rings. The lowest BCUT2D eigenvalue weighted by atomic mass is 9.91. The van der Waals surface area contributed by atoms with Gasteiger partial charge in [-0.15, -0.1) is 16.8 Å². The van der Waals surface area contributed by atoms with E-state index in [9.17, 15) is 66.3 Å². The number of aryl methyl sites for hydroxylation is 2. The van der Waals surface area contributed by atoms with Gasteiger partial charge in [0.05, 0.1) is 22.4 Å². The lowest BCUT2D eigenvalue weighted by Gasteiger charge is -2.31. The summed E-state index contributed by atoms with van der Waals surface area (Å²) in [5, 5.41) is 16.5. The van der Waals surface area contributed by atoms with E-state index in [-0.39, 0.29) is 118 Å². The number of hydroxylamine groups is 2. The van der Waals surface area contributed by atoms with Gasteiger partial charge in [0.15, 0.2) is 16.3 Å². The third-order valence-corrected chi connectivity index (χ3v) is 22.7. The Bertz CT molecular complexity index is 4400. The minimum absolute atomic E-state index is 0.00552. The van der Waals surface area contributed by atoms with Crippen molar-refractivity contribution in [3.63, 3.8) is 0 Å². The molecule has 7 aliphatic heterocycles. The maximum atomic E-state index is 13.7. The molecule has 0 radical (unpaired) electrons. The summed E-state index contributed by atoms with van der Waals surface area (Å²) in [6, 6.07) is 9.15. The maximum Gasteiger partial charge on any atom is 0.343 e. The Hall–Kier alpha value is -8.47. The minimum Gasteiger partial charge on any atom is -0.356 e. The Labute approximate surface area is 630 Å². The molecule has 33 heteroatoms. The molecule has 3 N–H and O–H groups in total. The molecule has 6 aromatic rings. The van der Waals surface area contributed by atoms with Gasteiger partial charge < -0.3 is 28.9 Å². The summed E-state index contributed by atoms with van der Waals surface area (Å²) in [7, 11) is 0. The van der Waals surface area contributed by atoms with E-state index in [1.54, 1.807) is 12.1 Å². The molecule has 4 aromatic heterocycles. The average molecular weight is 1540 g/mol. The first-order chi connectivity index (χ1) is 51.3. The number of benzene rings is 2. The number of imide groups is 3. The Kier molecular flexibility index (Phi) is 30.1. The number of amides is 6. The highest BCUT2D eigenvalue weighted by Gasteiger charge is 2.40. The third-order valence-electron chi connectivity index (χ3n) is 20.1. The lowest BCUT2D eigenvalue weighted by molar-refractivity contribution is -0.195. The van der Waals surface area contributed by atoms with Crippen molar-refractivity contribution >= 4 is 116 Å². The molecule has 0 saturated carbocycles. The van der Waals surface area contributed by atoms with Gasteiger partial charge in [-0.1, -0.05) is 22.1 Å². The molecule has 11 heterocycles. The molecule has 3 unspecified atom stereocenters. The first-order valence-electron chi connectivity index (χ1n) is 36.2. The van der Waals surface area contributed by atoms with Gasteiger partial charge >= 0.3 is 5.97 Å². The van der Waals surface area contributed by atoms with E-state index in [2.05, 4.69) is 43.5 Å². The number of carbonyl (C=O) groups is 10. The van der Waals surface area contributed by atoms with Crippen molar-refractivity contribution < 1.29 is 75.8 Å². The number of aromatic nitrogens is 6. The van der Waals surface area contributed by atoms with Crippen molar-refractivity contribution in [3.8, 4) is 0 Å². The first kappa shape index (κ1) is 82.6. The lowest BCUT2D eigenvalue weighted by Crippen LogP contribution is -2.38. The fraction of sp³-hybridized carbons (Fsp3) is 0.541. The Morgan fingerprint density at radius 1 is 0.607 bits per heavy atom. The van der Waals surface area contributed by atoms with Crippen LogP contribution in [0.5, 0.6) is 0 Å². The number of nitrogens with zero attached hydrogens (tertiary/aromatic N) is 11. The van der Waals surface area contributed by atoms with Crippen molar-refractivity contribution in [2.75, 3.05) is 69.6 Å². The highest BCUT2D eigenvalue weighted by molar-refractivity contribution is 8.14. The molecule has 0 bridgehead atoms. The normalized spacial score (nSPS) is 19.0. The van der Waals surface area contributed by atoms with Gasteiger partial charge in [-0.05, 0) is 168 Å². The third kappa shape index (κ3) is 21.5. The molecule has 576 valence electrons. The van der Waals surface area contributed by atoms with Crippen LogP contribution in [-0.2, 0) is 78.7 Å². The van der Waals surface area contributed by atoms with E-state index in [4.69, 9.17) is 24.2 Å². The van der Waals surface area contributed by atoms with Crippen LogP contribution in [0.15, 0.2) is 67.2 Å². The standard InChI is InChI=1S/C33H40FN5O5S.C30H34FN5O4.C8H9NO5S.C3H6OS.H3NO/c1-20(40)19-45-28-18-29(41)38(33(28)43)12-3-5-23-6-4-13-39-31(23)35-21(2)25(32(39)42)11-16-37-14-9-22(10-15-37)30-26-8-7-24(34)17-27(26)44-36-30;1-19-23(12-17-34-15-10-20(11-16-34)28-24-7-6-22(31)18-25(24)40-33-28)30(39)36-14-3-5-21(29(36)32-19)4-2-13-35-26(37)8-9-27(35)38;1-5(10)15-4-8(13)14-9-6(11)2-3-7(9)12;1-3(4)2-5;1-2/h7-8,17,22-23,28H,3-6,9-16,18-19H2,1-2H3;6-9,18,20-21H,2-5,10-17H2,1H3;2-4H2,1H3;5H,2H2,1H3;2H,1H2. The molecular formula is C74H92F2N12O16S3. The van der Waals surface area contributed by atoms with Crippen molar-refractivity contribution in [2.45, 2.75) is 186 Å². The largest absolute Gasteiger partial charge is 0.356 e. The fourth-order valence-electron chi connectivity index (χ4n) is 14.5. The summed E-state index contributed by atoms with van der Waals surface area (Å²) in [6.45, 7) is 15.4. The van der Waals surface area contributed by atoms with Crippen LogP contribution in [-0.4, -0.2) is 192 Å². The molecule has 28 nitrogen and oxygen atoms in total. The SMILES string of the molecule is CC(=O)CS.CC(=O)CSC1CC(=O)N(CCCC2CCCn3c2nc(C)c(CCN2CCC(c4noc5cc(F)ccc45)CC2)c3=O)C1=O.CC(=O)SCC(=O)ON1C(=O)CCC1=O.Cc1nc2n(c(=O)c1CCN1CCC(c3noc4cc(F)ccc34)CC1)CCCC2CCCN1C(=O)C=CC1=O.NO. The zero-order valence-electron chi connectivity index (χ0n) is 60.8. The van der Waals surface area contributed by atoms with Gasteiger partial charge in [-0.2, -0.15) is 12.6 Å². The van der Waals surface area contributed by atoms with Gasteiger partial charge in [0, 0.05) is 152 Å². The summed E-state index contributed by atoms with van der Waals surface area (Å²) in [5.41, 5.74) is 6.04. The summed E-state index contributed by atoms with van der Waals surface area (Å²) in [6.07, 6.45) is 14.5.